The highest BCUT2D eigenvalue weighted by atomic mass is 32.2. The highest BCUT2D eigenvalue weighted by molar-refractivity contribution is 8.00. The lowest BCUT2D eigenvalue weighted by Crippen LogP contribution is -2.35. The molecule has 1 heterocycles. The van der Waals surface area contributed by atoms with Crippen LogP contribution in [0.4, 0.5) is 11.4 Å². The first kappa shape index (κ1) is 19.9. The van der Waals surface area contributed by atoms with Crippen molar-refractivity contribution >= 4 is 35.0 Å². The summed E-state index contributed by atoms with van der Waals surface area (Å²) in [6.07, 6.45) is 0.822. The predicted molar refractivity (Wildman–Crippen MR) is 107 cm³/mol. The number of para-hydroxylation sites is 1. The topological polar surface area (TPSA) is 89.8 Å². The van der Waals surface area contributed by atoms with E-state index in [9.17, 15) is 19.7 Å². The molecule has 0 unspecified atom stereocenters. The maximum atomic E-state index is 12.7. The highest BCUT2D eigenvalue weighted by Gasteiger charge is 2.26. The third-order valence-electron chi connectivity index (χ3n) is 4.59. The standard InChI is InChI=1S/C20H20N2O5S/c1-13-10-11-21(17-7-3-4-9-18(17)28-13)19(23)12-27-20(24)15-6-5-8-16(14(15)2)22(25)26/h3-9,13H,10-12H2,1-2H3/t13-/m1/s1. The number of nitro benzene ring substituents is 1. The number of amides is 1. The second-order valence-electron chi connectivity index (χ2n) is 6.51. The minimum Gasteiger partial charge on any atom is -0.452 e. The lowest BCUT2D eigenvalue weighted by Gasteiger charge is -2.22. The Morgan fingerprint density at radius 1 is 1.25 bits per heavy atom. The van der Waals surface area contributed by atoms with Crippen LogP contribution in [-0.4, -0.2) is 35.2 Å². The van der Waals surface area contributed by atoms with Crippen LogP contribution < -0.4 is 4.90 Å². The molecule has 0 saturated heterocycles. The number of rotatable bonds is 4. The smallest absolute Gasteiger partial charge is 0.339 e. The molecule has 0 N–H and O–H groups in total. The average Bonchev–Trinajstić information content (AvgIpc) is 2.84. The number of benzene rings is 2. The van der Waals surface area contributed by atoms with Crippen LogP contribution in [0.1, 0.15) is 29.3 Å². The molecule has 146 valence electrons. The van der Waals surface area contributed by atoms with Gasteiger partial charge in [0.15, 0.2) is 6.61 Å². The molecule has 1 aliphatic heterocycles. The van der Waals surface area contributed by atoms with E-state index in [0.717, 1.165) is 17.0 Å². The van der Waals surface area contributed by atoms with Crippen molar-refractivity contribution in [3.63, 3.8) is 0 Å². The molecule has 0 saturated carbocycles. The molecule has 1 aliphatic rings. The van der Waals surface area contributed by atoms with Crippen molar-refractivity contribution in [2.75, 3.05) is 18.1 Å². The fourth-order valence-corrected chi connectivity index (χ4v) is 4.18. The number of carbonyl (C=O) groups is 2. The number of ether oxygens (including phenoxy) is 1. The highest BCUT2D eigenvalue weighted by Crippen LogP contribution is 2.37. The zero-order chi connectivity index (χ0) is 20.3. The second-order valence-corrected chi connectivity index (χ2v) is 7.99. The van der Waals surface area contributed by atoms with Gasteiger partial charge in [-0.3, -0.25) is 14.9 Å². The van der Waals surface area contributed by atoms with Crippen LogP contribution in [-0.2, 0) is 9.53 Å². The van der Waals surface area contributed by atoms with Crippen LogP contribution in [0.3, 0.4) is 0 Å². The van der Waals surface area contributed by atoms with Gasteiger partial charge < -0.3 is 9.64 Å². The minimum atomic E-state index is -0.750. The van der Waals surface area contributed by atoms with E-state index in [1.165, 1.54) is 25.1 Å². The number of esters is 1. The van der Waals surface area contributed by atoms with Crippen LogP contribution >= 0.6 is 11.8 Å². The summed E-state index contributed by atoms with van der Waals surface area (Å²) in [7, 11) is 0. The number of anilines is 1. The number of hydrogen-bond acceptors (Lipinski definition) is 6. The van der Waals surface area contributed by atoms with Crippen LogP contribution in [0.15, 0.2) is 47.4 Å². The van der Waals surface area contributed by atoms with Crippen molar-refractivity contribution in [2.24, 2.45) is 0 Å². The van der Waals surface area contributed by atoms with Crippen molar-refractivity contribution in [2.45, 2.75) is 30.4 Å². The molecule has 2 aromatic carbocycles. The summed E-state index contributed by atoms with van der Waals surface area (Å²) >= 11 is 1.72. The second kappa shape index (κ2) is 8.43. The number of thioether (sulfide) groups is 1. The lowest BCUT2D eigenvalue weighted by atomic mass is 10.1. The molecule has 0 bridgehead atoms. The van der Waals surface area contributed by atoms with Gasteiger partial charge in [0.1, 0.15) is 0 Å². The number of nitrogens with zero attached hydrogens (tertiary/aromatic N) is 2. The third-order valence-corrected chi connectivity index (χ3v) is 5.83. The van der Waals surface area contributed by atoms with E-state index in [4.69, 9.17) is 4.74 Å². The normalized spacial score (nSPS) is 16.1. The van der Waals surface area contributed by atoms with Gasteiger partial charge in [0.05, 0.1) is 16.2 Å². The molecule has 0 aliphatic carbocycles. The van der Waals surface area contributed by atoms with Crippen LogP contribution in [0.25, 0.3) is 0 Å². The quantitative estimate of drug-likeness (QED) is 0.438. The molecule has 8 heteroatoms. The van der Waals surface area contributed by atoms with Gasteiger partial charge in [0, 0.05) is 28.3 Å². The molecule has 28 heavy (non-hydrogen) atoms. The van der Waals surface area contributed by atoms with Gasteiger partial charge >= 0.3 is 5.97 Å². The number of fused-ring (bicyclic) bond motifs is 1. The SMILES string of the molecule is Cc1c(C(=O)OCC(=O)N2CC[C@@H](C)Sc3ccccc32)cccc1[N+](=O)[O-]. The molecule has 0 aromatic heterocycles. The van der Waals surface area contributed by atoms with E-state index in [1.807, 2.05) is 24.3 Å². The average molecular weight is 400 g/mol. The Morgan fingerprint density at radius 2 is 2.00 bits per heavy atom. The monoisotopic (exact) mass is 400 g/mol. The molecular weight excluding hydrogens is 380 g/mol. The van der Waals surface area contributed by atoms with Crippen molar-refractivity contribution in [3.05, 3.63) is 63.7 Å². The maximum absolute atomic E-state index is 12.7. The van der Waals surface area contributed by atoms with Crippen LogP contribution in [0.2, 0.25) is 0 Å². The van der Waals surface area contributed by atoms with E-state index in [2.05, 4.69) is 6.92 Å². The van der Waals surface area contributed by atoms with Gasteiger partial charge in [0.2, 0.25) is 0 Å². The molecule has 0 radical (unpaired) electrons. The molecular formula is C20H20N2O5S. The van der Waals surface area contributed by atoms with Crippen LogP contribution in [0, 0.1) is 17.0 Å². The number of carbonyl (C=O) groups excluding carboxylic acids is 2. The zero-order valence-corrected chi connectivity index (χ0v) is 16.4. The van der Waals surface area contributed by atoms with Crippen molar-refractivity contribution in [1.29, 1.82) is 0 Å². The molecule has 0 spiro atoms. The summed E-state index contributed by atoms with van der Waals surface area (Å²) in [4.78, 5) is 38.3. The Bertz CT molecular complexity index is 931. The Hall–Kier alpha value is -2.87. The van der Waals surface area contributed by atoms with E-state index >= 15 is 0 Å². The van der Waals surface area contributed by atoms with Gasteiger partial charge in [-0.25, -0.2) is 4.79 Å². The summed E-state index contributed by atoms with van der Waals surface area (Å²) in [5.74, 6) is -1.07. The van der Waals surface area contributed by atoms with Crippen LogP contribution in [0.5, 0.6) is 0 Å². The fourth-order valence-electron chi connectivity index (χ4n) is 3.07. The summed E-state index contributed by atoms with van der Waals surface area (Å²) < 4.78 is 5.18. The Morgan fingerprint density at radius 3 is 2.75 bits per heavy atom. The molecule has 2 aromatic rings. The first-order chi connectivity index (χ1) is 13.4. The molecule has 0 fully saturated rings. The largest absolute Gasteiger partial charge is 0.452 e. The summed E-state index contributed by atoms with van der Waals surface area (Å²) in [5.41, 5.74) is 0.954. The molecule has 1 amide bonds. The van der Waals surface area contributed by atoms with Crippen molar-refractivity contribution < 1.29 is 19.2 Å². The van der Waals surface area contributed by atoms with Gasteiger partial charge in [0.25, 0.3) is 11.6 Å². The molecule has 1 atom stereocenters. The third kappa shape index (κ3) is 4.17. The summed E-state index contributed by atoms with van der Waals surface area (Å²) in [5, 5.41) is 11.4. The Balaban J connectivity index is 1.73. The Labute approximate surface area is 166 Å². The van der Waals surface area contributed by atoms with Crippen molar-refractivity contribution in [1.82, 2.24) is 0 Å². The van der Waals surface area contributed by atoms with Crippen molar-refractivity contribution in [3.8, 4) is 0 Å². The van der Waals surface area contributed by atoms with Gasteiger partial charge in [-0.2, -0.15) is 0 Å². The molecule has 7 nitrogen and oxygen atoms in total. The number of nitro groups is 1. The summed E-state index contributed by atoms with van der Waals surface area (Å²) in [6.45, 7) is 3.71. The first-order valence-electron chi connectivity index (χ1n) is 8.85. The fraction of sp³-hybridized carbons (Fsp3) is 0.300. The van der Waals surface area contributed by atoms with Gasteiger partial charge in [-0.05, 0) is 31.5 Å². The van der Waals surface area contributed by atoms with E-state index < -0.39 is 17.5 Å². The van der Waals surface area contributed by atoms with Gasteiger partial charge in [-0.15, -0.1) is 11.8 Å². The predicted octanol–water partition coefficient (Wildman–Crippen LogP) is 3.98. The number of hydrogen-bond donors (Lipinski definition) is 0. The van der Waals surface area contributed by atoms with Gasteiger partial charge in [-0.1, -0.05) is 25.1 Å². The minimum absolute atomic E-state index is 0.0856. The van der Waals surface area contributed by atoms with E-state index in [1.54, 1.807) is 16.7 Å². The van der Waals surface area contributed by atoms with E-state index in [0.29, 0.717) is 11.8 Å². The zero-order valence-electron chi connectivity index (χ0n) is 15.6. The van der Waals surface area contributed by atoms with E-state index in [-0.39, 0.29) is 22.7 Å². The lowest BCUT2D eigenvalue weighted by molar-refractivity contribution is -0.385. The Kier molecular flexibility index (Phi) is 5.99. The maximum Gasteiger partial charge on any atom is 0.339 e. The molecule has 3 rings (SSSR count). The first-order valence-corrected chi connectivity index (χ1v) is 9.73. The summed E-state index contributed by atoms with van der Waals surface area (Å²) in [6, 6.07) is 11.9.